The van der Waals surface area contributed by atoms with Crippen LogP contribution in [0.4, 0.5) is 13.2 Å². The van der Waals surface area contributed by atoms with Crippen LogP contribution >= 0.6 is 46.6 Å². The first-order valence-corrected chi connectivity index (χ1v) is 17.3. The number of carbonyl (C=O) groups is 1. The minimum Gasteiger partial charge on any atom is -0.741 e. The third-order valence-corrected chi connectivity index (χ3v) is 10.6. The van der Waals surface area contributed by atoms with Gasteiger partial charge in [-0.25, -0.2) is 8.42 Å². The van der Waals surface area contributed by atoms with Gasteiger partial charge in [0.2, 0.25) is 0 Å². The summed E-state index contributed by atoms with van der Waals surface area (Å²) in [5.41, 5.74) is -4.52. The number of alkyl halides is 3. The van der Waals surface area contributed by atoms with Gasteiger partial charge in [0.25, 0.3) is 0 Å². The van der Waals surface area contributed by atoms with Gasteiger partial charge in [0.15, 0.2) is 30.6 Å². The summed E-state index contributed by atoms with van der Waals surface area (Å²) in [7, 11) is -6.38. The van der Waals surface area contributed by atoms with E-state index < -0.39 is 15.6 Å². The molecule has 5 aromatic rings. The van der Waals surface area contributed by atoms with Crippen LogP contribution in [-0.4, -0.2) is 24.3 Å². The van der Waals surface area contributed by atoms with Crippen LogP contribution in [-0.2, 0) is 21.0 Å². The van der Waals surface area contributed by atoms with Crippen molar-refractivity contribution in [2.45, 2.75) is 30.0 Å². The second-order valence-electron chi connectivity index (χ2n) is 9.02. The molecule has 0 radical (unpaired) electrons. The highest BCUT2D eigenvalue weighted by Crippen LogP contribution is 2.35. The number of hydrogen-bond acceptors (Lipinski definition) is 5. The topological polar surface area (TPSA) is 74.3 Å². The van der Waals surface area contributed by atoms with Crippen LogP contribution in [0.3, 0.4) is 0 Å². The predicted molar refractivity (Wildman–Crippen MR) is 173 cm³/mol. The normalized spacial score (nSPS) is 11.6. The van der Waals surface area contributed by atoms with E-state index in [1.165, 1.54) is 14.7 Å². The number of carbonyl (C=O) groups excluding carboxylic acids is 1. The summed E-state index contributed by atoms with van der Waals surface area (Å²) in [6.07, 6.45) is 0. The lowest BCUT2D eigenvalue weighted by Crippen LogP contribution is -2.21. The van der Waals surface area contributed by atoms with Crippen LogP contribution in [0.2, 0.25) is 15.1 Å². The van der Waals surface area contributed by atoms with Crippen molar-refractivity contribution in [1.29, 1.82) is 0 Å². The molecule has 0 atom stereocenters. The van der Waals surface area contributed by atoms with Crippen LogP contribution < -0.4 is 0 Å². The van der Waals surface area contributed by atoms with Crippen molar-refractivity contribution >= 4 is 73.4 Å². The summed E-state index contributed by atoms with van der Waals surface area (Å²) in [6.45, 7) is 0. The Kier molecular flexibility index (Phi) is 11.7. The van der Waals surface area contributed by atoms with Crippen LogP contribution in [0.15, 0.2) is 146 Å². The van der Waals surface area contributed by atoms with Crippen molar-refractivity contribution in [1.82, 2.24) is 0 Å². The molecule has 4 nitrogen and oxygen atoms in total. The fourth-order valence-electron chi connectivity index (χ4n) is 3.80. The monoisotopic (exact) mass is 726 g/mol. The van der Waals surface area contributed by atoms with Crippen molar-refractivity contribution in [3.63, 3.8) is 0 Å². The highest BCUT2D eigenvalue weighted by molar-refractivity contribution is 7.99. The van der Waals surface area contributed by atoms with Crippen molar-refractivity contribution < 1.29 is 30.9 Å². The maximum Gasteiger partial charge on any atom is 0.485 e. The Morgan fingerprint density at radius 3 is 1.42 bits per heavy atom. The molecule has 5 aromatic carbocycles. The lowest BCUT2D eigenvalue weighted by molar-refractivity contribution is -0.0517. The second kappa shape index (κ2) is 15.1. The average Bonchev–Trinajstić information content (AvgIpc) is 3.00. The van der Waals surface area contributed by atoms with E-state index in [2.05, 4.69) is 48.5 Å². The first-order chi connectivity index (χ1) is 21.2. The molecule has 0 saturated heterocycles. The number of hydrogen-bond donors (Lipinski definition) is 0. The molecule has 0 saturated carbocycles. The number of rotatable bonds is 7. The summed E-state index contributed by atoms with van der Waals surface area (Å²) in [5, 5.41) is 1.90. The minimum atomic E-state index is -6.09. The molecule has 0 bridgehead atoms. The predicted octanol–water partition coefficient (Wildman–Crippen LogP) is 10.2. The third kappa shape index (κ3) is 9.52. The van der Waals surface area contributed by atoms with E-state index in [0.717, 1.165) is 19.8 Å². The zero-order valence-corrected chi connectivity index (χ0v) is 27.4. The minimum absolute atomic E-state index is 0.0806. The smallest absolute Gasteiger partial charge is 0.485 e. The van der Waals surface area contributed by atoms with Crippen molar-refractivity contribution in [2.75, 3.05) is 0 Å². The van der Waals surface area contributed by atoms with Crippen LogP contribution in [0.5, 0.6) is 0 Å². The average molecular weight is 728 g/mol. The lowest BCUT2D eigenvalue weighted by atomic mass is 10.0. The molecule has 13 heteroatoms. The zero-order chi connectivity index (χ0) is 32.8. The second-order valence-corrected chi connectivity index (χ2v) is 14.8. The fourth-order valence-corrected chi connectivity index (χ4v) is 7.14. The third-order valence-electron chi connectivity index (χ3n) is 5.91. The Labute approximate surface area is 280 Å². The SMILES string of the molecule is O=C(c1ccc(Sc2ccc([S+](c3ccc(Cl)cc3)c3ccc(Cl)cc3)cc2)cc1)c1ccccc1Cl.O=S(=O)([O-])C(F)(F)F. The van der Waals surface area contributed by atoms with Crippen molar-refractivity contribution in [2.24, 2.45) is 0 Å². The van der Waals surface area contributed by atoms with E-state index in [0.29, 0.717) is 16.1 Å². The van der Waals surface area contributed by atoms with E-state index in [1.54, 1.807) is 23.9 Å². The Bertz CT molecular complexity index is 1820. The van der Waals surface area contributed by atoms with E-state index in [-0.39, 0.29) is 16.7 Å². The van der Waals surface area contributed by atoms with Gasteiger partial charge in [-0.3, -0.25) is 4.79 Å². The molecule has 5 rings (SSSR count). The quantitative estimate of drug-likeness (QED) is 0.0722. The van der Waals surface area contributed by atoms with Gasteiger partial charge < -0.3 is 4.55 Å². The van der Waals surface area contributed by atoms with Crippen molar-refractivity contribution in [3.05, 3.63) is 148 Å². The van der Waals surface area contributed by atoms with Gasteiger partial charge in [0.1, 0.15) is 0 Å². The number of halogens is 6. The summed E-state index contributed by atoms with van der Waals surface area (Å²) >= 11 is 20.2. The van der Waals surface area contributed by atoms with Crippen molar-refractivity contribution in [3.8, 4) is 0 Å². The van der Waals surface area contributed by atoms with E-state index in [4.69, 9.17) is 47.8 Å². The molecule has 0 aliphatic rings. The summed E-state index contributed by atoms with van der Waals surface area (Å²) in [4.78, 5) is 18.5. The maximum absolute atomic E-state index is 12.8. The zero-order valence-electron chi connectivity index (χ0n) is 22.7. The first kappa shape index (κ1) is 34.9. The summed E-state index contributed by atoms with van der Waals surface area (Å²) < 4.78 is 58.9. The molecule has 0 heterocycles. The van der Waals surface area contributed by atoms with E-state index >= 15 is 0 Å². The van der Waals surface area contributed by atoms with Crippen LogP contribution in [0, 0.1) is 0 Å². The van der Waals surface area contributed by atoms with Gasteiger partial charge in [0.05, 0.1) is 15.9 Å². The molecule has 0 N–H and O–H groups in total. The molecular weight excluding hydrogens is 708 g/mol. The first-order valence-electron chi connectivity index (χ1n) is 12.7. The molecule has 0 unspecified atom stereocenters. The largest absolute Gasteiger partial charge is 0.741 e. The van der Waals surface area contributed by atoms with Gasteiger partial charge in [-0.05, 0) is 109 Å². The Morgan fingerprint density at radius 2 is 1.02 bits per heavy atom. The number of ketones is 1. The molecule has 45 heavy (non-hydrogen) atoms. The van der Waals surface area contributed by atoms with Gasteiger partial charge in [-0.15, -0.1) is 0 Å². The molecule has 232 valence electrons. The summed E-state index contributed by atoms with van der Waals surface area (Å²) in [5.74, 6) is -0.0806. The molecule has 0 aliphatic heterocycles. The van der Waals surface area contributed by atoms with Crippen LogP contribution in [0.25, 0.3) is 0 Å². The molecular formula is C32H20Cl3F3O4S3. The van der Waals surface area contributed by atoms with E-state index in [1.807, 2.05) is 60.7 Å². The van der Waals surface area contributed by atoms with Gasteiger partial charge in [-0.1, -0.05) is 58.7 Å². The molecule has 0 amide bonds. The van der Waals surface area contributed by atoms with Gasteiger partial charge in [-0.2, -0.15) is 13.2 Å². The Balaban J connectivity index is 0.000000510. The van der Waals surface area contributed by atoms with E-state index in [9.17, 15) is 18.0 Å². The molecule has 0 aliphatic carbocycles. The number of benzene rings is 5. The highest BCUT2D eigenvalue weighted by atomic mass is 35.5. The molecule has 0 fully saturated rings. The standard InChI is InChI=1S/C31H20Cl3OS2.CHF3O3S/c32-22-7-15-26(16-8-22)37(27-17-9-23(33)10-18-27)28-19-13-25(14-20-28)36-24-11-5-21(6-12-24)31(35)29-3-1-2-4-30(29)34;2-1(3,4)8(5,6)7/h1-20H;(H,5,6,7)/q+1;/p-1. The lowest BCUT2D eigenvalue weighted by Gasteiger charge is -2.09. The Morgan fingerprint density at radius 1 is 0.644 bits per heavy atom. The summed E-state index contributed by atoms with van der Waals surface area (Å²) in [6, 6.07) is 39.4. The highest BCUT2D eigenvalue weighted by Gasteiger charge is 2.37. The fraction of sp³-hybridized carbons (Fsp3) is 0.0312. The molecule has 0 spiro atoms. The maximum atomic E-state index is 12.8. The molecule has 0 aromatic heterocycles. The Hall–Kier alpha value is -2.96. The van der Waals surface area contributed by atoms with Gasteiger partial charge >= 0.3 is 5.51 Å². The van der Waals surface area contributed by atoms with Gasteiger partial charge in [0, 0.05) is 31.0 Å². The van der Waals surface area contributed by atoms with Crippen LogP contribution in [0.1, 0.15) is 15.9 Å².